The number of piperidine rings is 2. The smallest absolute Gasteiger partial charge is 0.222 e. The molecule has 1 aromatic rings. The molecule has 3 fully saturated rings. The lowest BCUT2D eigenvalue weighted by atomic mass is 9.72. The van der Waals surface area contributed by atoms with Gasteiger partial charge in [0.05, 0.1) is 13.2 Å². The number of hydrogen-bond donors (Lipinski definition) is 0. The van der Waals surface area contributed by atoms with Crippen LogP contribution in [-0.2, 0) is 9.53 Å². The summed E-state index contributed by atoms with van der Waals surface area (Å²) in [4.78, 5) is 17.0. The Hall–Kier alpha value is -1.79. The van der Waals surface area contributed by atoms with Gasteiger partial charge in [0.1, 0.15) is 18.1 Å². The van der Waals surface area contributed by atoms with Crippen LogP contribution in [0.2, 0.25) is 0 Å². The molecule has 0 radical (unpaired) electrons. The van der Waals surface area contributed by atoms with Crippen LogP contribution in [0.25, 0.3) is 0 Å². The molecule has 3 aliphatic rings. The summed E-state index contributed by atoms with van der Waals surface area (Å²) in [7, 11) is 1.67. The number of likely N-dealkylation sites (tertiary alicyclic amines) is 2. The quantitative estimate of drug-likeness (QED) is 0.702. The first-order valence-corrected chi connectivity index (χ1v) is 11.0. The van der Waals surface area contributed by atoms with E-state index >= 15 is 0 Å². The molecular weight excluding hydrogens is 368 g/mol. The van der Waals surface area contributed by atoms with E-state index in [1.807, 2.05) is 24.3 Å². The van der Waals surface area contributed by atoms with Gasteiger partial charge in [0.2, 0.25) is 5.91 Å². The van der Waals surface area contributed by atoms with Crippen molar-refractivity contribution < 1.29 is 19.0 Å². The van der Waals surface area contributed by atoms with Gasteiger partial charge >= 0.3 is 0 Å². The van der Waals surface area contributed by atoms with Gasteiger partial charge in [0, 0.05) is 32.7 Å². The van der Waals surface area contributed by atoms with Gasteiger partial charge < -0.3 is 19.1 Å². The molecule has 6 heteroatoms. The Morgan fingerprint density at radius 3 is 2.59 bits per heavy atom. The van der Waals surface area contributed by atoms with E-state index < -0.39 is 0 Å². The van der Waals surface area contributed by atoms with Gasteiger partial charge in [-0.25, -0.2) is 0 Å². The zero-order valence-electron chi connectivity index (χ0n) is 17.6. The lowest BCUT2D eigenvalue weighted by Crippen LogP contribution is -2.53. The first-order valence-electron chi connectivity index (χ1n) is 11.0. The number of carbonyl (C=O) groups excluding carboxylic acids is 1. The number of methoxy groups -OCH3 is 1. The summed E-state index contributed by atoms with van der Waals surface area (Å²) in [5.41, 5.74) is 0.305. The van der Waals surface area contributed by atoms with Crippen LogP contribution in [0, 0.1) is 5.41 Å². The third-order valence-electron chi connectivity index (χ3n) is 6.85. The number of rotatable bonds is 7. The van der Waals surface area contributed by atoms with E-state index in [1.165, 1.54) is 12.8 Å². The van der Waals surface area contributed by atoms with E-state index in [2.05, 4.69) is 9.80 Å². The second-order valence-corrected chi connectivity index (χ2v) is 8.77. The molecule has 0 saturated carbocycles. The van der Waals surface area contributed by atoms with E-state index in [0.29, 0.717) is 24.3 Å². The second kappa shape index (κ2) is 9.35. The third-order valence-corrected chi connectivity index (χ3v) is 6.85. The molecule has 0 aliphatic carbocycles. The van der Waals surface area contributed by atoms with E-state index in [9.17, 15) is 4.79 Å². The summed E-state index contributed by atoms with van der Waals surface area (Å²) in [6, 6.07) is 7.75. The van der Waals surface area contributed by atoms with Gasteiger partial charge in [-0.05, 0) is 74.9 Å². The molecule has 0 N–H and O–H groups in total. The summed E-state index contributed by atoms with van der Waals surface area (Å²) < 4.78 is 16.8. The van der Waals surface area contributed by atoms with E-state index in [-0.39, 0.29) is 6.10 Å². The molecule has 1 aromatic carbocycles. The Kier molecular flexibility index (Phi) is 6.60. The molecule has 1 atom stereocenters. The van der Waals surface area contributed by atoms with Crippen molar-refractivity contribution in [1.29, 1.82) is 0 Å². The Morgan fingerprint density at radius 2 is 1.90 bits per heavy atom. The van der Waals surface area contributed by atoms with Crippen molar-refractivity contribution >= 4 is 5.91 Å². The average molecular weight is 403 g/mol. The van der Waals surface area contributed by atoms with E-state index in [0.717, 1.165) is 70.1 Å². The van der Waals surface area contributed by atoms with Gasteiger partial charge in [-0.15, -0.1) is 0 Å². The number of ether oxygens (including phenoxy) is 3. The minimum absolute atomic E-state index is 0.254. The molecule has 6 nitrogen and oxygen atoms in total. The lowest BCUT2D eigenvalue weighted by Gasteiger charge is -2.47. The molecule has 1 amide bonds. The molecule has 3 aliphatic heterocycles. The fourth-order valence-electron chi connectivity index (χ4n) is 4.93. The number of carbonyl (C=O) groups is 1. The highest BCUT2D eigenvalue weighted by molar-refractivity contribution is 5.77. The summed E-state index contributed by atoms with van der Waals surface area (Å²) in [5, 5.41) is 0. The second-order valence-electron chi connectivity index (χ2n) is 8.77. The number of amides is 1. The Labute approximate surface area is 174 Å². The summed E-state index contributed by atoms with van der Waals surface area (Å²) in [5.74, 6) is 2.05. The fraction of sp³-hybridized carbons (Fsp3) is 0.696. The maximum Gasteiger partial charge on any atom is 0.222 e. The maximum absolute atomic E-state index is 12.4. The zero-order chi connectivity index (χ0) is 20.1. The fourth-order valence-corrected chi connectivity index (χ4v) is 4.93. The van der Waals surface area contributed by atoms with Crippen LogP contribution in [-0.4, -0.2) is 74.9 Å². The Bertz CT molecular complexity index is 664. The molecule has 29 heavy (non-hydrogen) atoms. The molecule has 0 aromatic heterocycles. The highest BCUT2D eigenvalue weighted by atomic mass is 16.5. The number of nitrogens with zero attached hydrogens (tertiary/aromatic N) is 2. The van der Waals surface area contributed by atoms with Crippen LogP contribution in [0.15, 0.2) is 24.3 Å². The van der Waals surface area contributed by atoms with Crippen molar-refractivity contribution in [3.63, 3.8) is 0 Å². The molecule has 3 saturated heterocycles. The van der Waals surface area contributed by atoms with Gasteiger partial charge in [0.15, 0.2) is 0 Å². The molecule has 1 spiro atoms. The molecule has 1 unspecified atom stereocenters. The predicted molar refractivity (Wildman–Crippen MR) is 111 cm³/mol. The molecule has 0 bridgehead atoms. The highest BCUT2D eigenvalue weighted by Crippen LogP contribution is 2.40. The zero-order valence-corrected chi connectivity index (χ0v) is 17.6. The largest absolute Gasteiger partial charge is 0.497 e. The third kappa shape index (κ3) is 5.23. The van der Waals surface area contributed by atoms with Crippen molar-refractivity contribution in [3.8, 4) is 11.5 Å². The van der Waals surface area contributed by atoms with Gasteiger partial charge in [-0.2, -0.15) is 0 Å². The first-order chi connectivity index (χ1) is 14.2. The Balaban J connectivity index is 1.21. The summed E-state index contributed by atoms with van der Waals surface area (Å²) >= 11 is 0. The van der Waals surface area contributed by atoms with E-state index in [4.69, 9.17) is 14.2 Å². The Morgan fingerprint density at radius 1 is 1.14 bits per heavy atom. The molecular formula is C23H34N2O4. The average Bonchev–Trinajstić information content (AvgIpc) is 3.26. The predicted octanol–water partition coefficient (Wildman–Crippen LogP) is 2.96. The van der Waals surface area contributed by atoms with E-state index in [1.54, 1.807) is 7.11 Å². The van der Waals surface area contributed by atoms with Crippen molar-refractivity contribution in [2.45, 2.75) is 44.6 Å². The van der Waals surface area contributed by atoms with Gasteiger partial charge in [-0.3, -0.25) is 9.69 Å². The maximum atomic E-state index is 12.4. The van der Waals surface area contributed by atoms with Crippen molar-refractivity contribution in [3.05, 3.63) is 24.3 Å². The topological polar surface area (TPSA) is 51.2 Å². The lowest BCUT2D eigenvalue weighted by molar-refractivity contribution is -0.141. The monoisotopic (exact) mass is 402 g/mol. The molecule has 3 heterocycles. The minimum atomic E-state index is 0.254. The first kappa shape index (κ1) is 20.5. The SMILES string of the molecule is COc1ccc(OCCN2CCC3(CCC(=O)N(CC4CCCO4)C3)CC2)cc1. The van der Waals surface area contributed by atoms with Crippen LogP contribution < -0.4 is 9.47 Å². The van der Waals surface area contributed by atoms with Crippen LogP contribution in [0.4, 0.5) is 0 Å². The van der Waals surface area contributed by atoms with Crippen LogP contribution in [0.5, 0.6) is 11.5 Å². The summed E-state index contributed by atoms with van der Waals surface area (Å²) in [6.45, 7) is 6.39. The van der Waals surface area contributed by atoms with Crippen LogP contribution in [0.3, 0.4) is 0 Å². The number of hydrogen-bond acceptors (Lipinski definition) is 5. The standard InChI is InChI=1S/C23H34N2O4/c1-27-19-4-6-20(7-5-19)29-16-14-24-12-10-23(11-13-24)9-8-22(26)25(18-23)17-21-3-2-15-28-21/h4-7,21H,2-3,8-18H2,1H3. The van der Waals surface area contributed by atoms with Crippen LogP contribution in [0.1, 0.15) is 38.5 Å². The van der Waals surface area contributed by atoms with Crippen molar-refractivity contribution in [2.75, 3.05) is 53.0 Å². The van der Waals surface area contributed by atoms with Crippen molar-refractivity contribution in [1.82, 2.24) is 9.80 Å². The van der Waals surface area contributed by atoms with Gasteiger partial charge in [0.25, 0.3) is 0 Å². The normalized spacial score (nSPS) is 24.8. The molecule has 4 rings (SSSR count). The molecule has 160 valence electrons. The van der Waals surface area contributed by atoms with Gasteiger partial charge in [-0.1, -0.05) is 0 Å². The number of benzene rings is 1. The minimum Gasteiger partial charge on any atom is -0.497 e. The van der Waals surface area contributed by atoms with Crippen molar-refractivity contribution in [2.24, 2.45) is 5.41 Å². The summed E-state index contributed by atoms with van der Waals surface area (Å²) in [6.07, 6.45) is 6.57. The van der Waals surface area contributed by atoms with Crippen LogP contribution >= 0.6 is 0 Å². The highest BCUT2D eigenvalue weighted by Gasteiger charge is 2.41.